The molecule has 2 aromatic heterocycles. The molecule has 0 bridgehead atoms. The predicted molar refractivity (Wildman–Crippen MR) is 167 cm³/mol. The van der Waals surface area contributed by atoms with Crippen molar-refractivity contribution < 1.29 is 19.1 Å². The van der Waals surface area contributed by atoms with Gasteiger partial charge in [0.05, 0.1) is 11.1 Å². The molecule has 2 aromatic carbocycles. The number of aryl methyl sites for hydroxylation is 1. The lowest BCUT2D eigenvalue weighted by Crippen LogP contribution is -2.44. The van der Waals surface area contributed by atoms with Crippen molar-refractivity contribution in [1.82, 2.24) is 30.1 Å². The number of amides is 1. The quantitative estimate of drug-likeness (QED) is 0.189. The Morgan fingerprint density at radius 1 is 1.00 bits per heavy atom. The number of hydrogen-bond donors (Lipinski definition) is 3. The van der Waals surface area contributed by atoms with Gasteiger partial charge in [0.1, 0.15) is 11.5 Å². The Kier molecular flexibility index (Phi) is 10.2. The van der Waals surface area contributed by atoms with Crippen LogP contribution >= 0.6 is 0 Å². The SMILES string of the molecule is CC(=O)NCCNc1nc(-c2ccccc2)nc2[nH]c(C=O)cc12.CN1CCN(CCCc2ccc3c(c2)OCO3)CC1. The highest BCUT2D eigenvalue weighted by atomic mass is 16.7. The number of benzene rings is 2. The van der Waals surface area contributed by atoms with Crippen molar-refractivity contribution in [3.63, 3.8) is 0 Å². The Morgan fingerprint density at radius 2 is 1.79 bits per heavy atom. The zero-order valence-corrected chi connectivity index (χ0v) is 24.8. The van der Waals surface area contributed by atoms with Crippen LogP contribution in [0, 0.1) is 0 Å². The van der Waals surface area contributed by atoms with E-state index < -0.39 is 0 Å². The number of nitrogens with one attached hydrogen (secondary N) is 3. The summed E-state index contributed by atoms with van der Waals surface area (Å²) in [5.74, 6) is 2.87. The third-order valence-corrected chi connectivity index (χ3v) is 7.43. The zero-order valence-electron chi connectivity index (χ0n) is 24.8. The fourth-order valence-electron chi connectivity index (χ4n) is 5.04. The summed E-state index contributed by atoms with van der Waals surface area (Å²) in [5.41, 5.74) is 3.26. The average molecular weight is 586 g/mol. The Bertz CT molecular complexity index is 1520. The first-order chi connectivity index (χ1) is 21.0. The van der Waals surface area contributed by atoms with Gasteiger partial charge in [0, 0.05) is 51.8 Å². The van der Waals surface area contributed by atoms with Crippen LogP contribution < -0.4 is 20.1 Å². The molecule has 11 nitrogen and oxygen atoms in total. The first-order valence-corrected chi connectivity index (χ1v) is 14.7. The maximum absolute atomic E-state index is 11.0. The van der Waals surface area contributed by atoms with Crippen LogP contribution in [-0.4, -0.2) is 96.6 Å². The molecule has 43 heavy (non-hydrogen) atoms. The predicted octanol–water partition coefficient (Wildman–Crippen LogP) is 3.58. The van der Waals surface area contributed by atoms with Crippen molar-refractivity contribution in [1.29, 1.82) is 0 Å². The molecule has 3 N–H and O–H groups in total. The van der Waals surface area contributed by atoms with E-state index in [9.17, 15) is 9.59 Å². The van der Waals surface area contributed by atoms with E-state index in [-0.39, 0.29) is 5.91 Å². The van der Waals surface area contributed by atoms with Crippen LogP contribution in [0.15, 0.2) is 54.6 Å². The molecular formula is C32H39N7O4. The van der Waals surface area contributed by atoms with Crippen molar-refractivity contribution >= 4 is 29.0 Å². The highest BCUT2D eigenvalue weighted by Crippen LogP contribution is 2.32. The second kappa shape index (κ2) is 14.6. The maximum atomic E-state index is 11.0. The van der Waals surface area contributed by atoms with E-state index in [2.05, 4.69) is 54.6 Å². The molecule has 0 unspecified atom stereocenters. The van der Waals surface area contributed by atoms with E-state index in [1.54, 1.807) is 6.07 Å². The number of anilines is 1. The molecule has 4 heterocycles. The molecule has 0 spiro atoms. The van der Waals surface area contributed by atoms with Gasteiger partial charge in [0.15, 0.2) is 23.6 Å². The topological polar surface area (TPSA) is 125 Å². The van der Waals surface area contributed by atoms with Crippen molar-refractivity contribution in [2.45, 2.75) is 19.8 Å². The van der Waals surface area contributed by atoms with E-state index in [4.69, 9.17) is 9.47 Å². The van der Waals surface area contributed by atoms with Crippen LogP contribution in [0.5, 0.6) is 11.5 Å². The van der Waals surface area contributed by atoms with Gasteiger partial charge in [-0.1, -0.05) is 36.4 Å². The van der Waals surface area contributed by atoms with Crippen molar-refractivity contribution in [3.8, 4) is 22.9 Å². The smallest absolute Gasteiger partial charge is 0.231 e. The molecular weight excluding hydrogens is 546 g/mol. The lowest BCUT2D eigenvalue weighted by molar-refractivity contribution is -0.118. The van der Waals surface area contributed by atoms with E-state index >= 15 is 0 Å². The van der Waals surface area contributed by atoms with Crippen LogP contribution in [0.25, 0.3) is 22.4 Å². The number of hydrogen-bond acceptors (Lipinski definition) is 9. The molecule has 2 aliphatic rings. The molecule has 0 aliphatic carbocycles. The monoisotopic (exact) mass is 585 g/mol. The first kappa shape index (κ1) is 30.0. The molecule has 0 saturated carbocycles. The van der Waals surface area contributed by atoms with Gasteiger partial charge in [0.25, 0.3) is 0 Å². The summed E-state index contributed by atoms with van der Waals surface area (Å²) >= 11 is 0. The highest BCUT2D eigenvalue weighted by molar-refractivity contribution is 5.93. The molecule has 2 aliphatic heterocycles. The average Bonchev–Trinajstić information content (AvgIpc) is 3.67. The van der Waals surface area contributed by atoms with Gasteiger partial charge >= 0.3 is 0 Å². The van der Waals surface area contributed by atoms with Crippen LogP contribution in [0.2, 0.25) is 0 Å². The fraction of sp³-hybridized carbons (Fsp3) is 0.375. The first-order valence-electron chi connectivity index (χ1n) is 14.7. The Morgan fingerprint density at radius 3 is 2.56 bits per heavy atom. The maximum Gasteiger partial charge on any atom is 0.231 e. The van der Waals surface area contributed by atoms with Crippen molar-refractivity contribution in [2.75, 3.05) is 65.0 Å². The van der Waals surface area contributed by atoms with Crippen molar-refractivity contribution in [2.24, 2.45) is 0 Å². The normalized spacial score (nSPS) is 14.7. The minimum atomic E-state index is -0.0838. The molecule has 11 heteroatoms. The van der Waals surface area contributed by atoms with Gasteiger partial charge in [0.2, 0.25) is 12.7 Å². The van der Waals surface area contributed by atoms with E-state index in [0.717, 1.165) is 35.2 Å². The number of likely N-dealkylation sites (N-methyl/N-ethyl adjacent to an activating group) is 1. The molecule has 0 atom stereocenters. The summed E-state index contributed by atoms with van der Waals surface area (Å²) in [6.07, 6.45) is 3.07. The standard InChI is InChI=1S/C17H17N5O2.C15H22N2O2/c1-11(24)18-7-8-19-16-14-9-13(10-23)20-17(14)22-15(21-16)12-5-3-2-4-6-12;1-16-7-9-17(10-8-16)6-2-3-13-4-5-14-15(11-13)19-12-18-14/h2-6,9-10H,7-8H2,1H3,(H,18,24)(H2,19,20,21,22);4-5,11H,2-3,6-10,12H2,1H3. The second-order valence-electron chi connectivity index (χ2n) is 10.7. The third-order valence-electron chi connectivity index (χ3n) is 7.43. The Hall–Kier alpha value is -4.48. The summed E-state index contributed by atoms with van der Waals surface area (Å²) in [7, 11) is 2.20. The van der Waals surface area contributed by atoms with Gasteiger partial charge in [-0.05, 0) is 50.2 Å². The minimum Gasteiger partial charge on any atom is -0.454 e. The Labute approximate surface area is 251 Å². The van der Waals surface area contributed by atoms with Crippen molar-refractivity contribution in [3.05, 3.63) is 65.9 Å². The Balaban J connectivity index is 0.000000176. The number of H-pyrrole nitrogens is 1. The largest absolute Gasteiger partial charge is 0.454 e. The molecule has 0 radical (unpaired) electrons. The lowest BCUT2D eigenvalue weighted by Gasteiger charge is -2.32. The lowest BCUT2D eigenvalue weighted by atomic mass is 10.1. The fourth-order valence-corrected chi connectivity index (χ4v) is 5.04. The van der Waals surface area contributed by atoms with Gasteiger partial charge in [-0.3, -0.25) is 9.59 Å². The van der Waals surface area contributed by atoms with E-state index in [1.165, 1.54) is 51.6 Å². The number of rotatable bonds is 10. The summed E-state index contributed by atoms with van der Waals surface area (Å²) in [6.45, 7) is 8.83. The number of aromatic nitrogens is 3. The number of carbonyl (C=O) groups is 2. The van der Waals surface area contributed by atoms with Gasteiger partial charge < -0.3 is 34.9 Å². The number of aldehydes is 1. The molecule has 1 saturated heterocycles. The van der Waals surface area contributed by atoms with E-state index in [1.807, 2.05) is 36.4 Å². The summed E-state index contributed by atoms with van der Waals surface area (Å²) < 4.78 is 10.7. The summed E-state index contributed by atoms with van der Waals surface area (Å²) in [5, 5.41) is 6.64. The number of carbonyl (C=O) groups excluding carboxylic acids is 2. The molecule has 6 rings (SSSR count). The number of nitrogens with zero attached hydrogens (tertiary/aromatic N) is 4. The second-order valence-corrected chi connectivity index (χ2v) is 10.7. The number of fused-ring (bicyclic) bond motifs is 2. The molecule has 1 fully saturated rings. The van der Waals surface area contributed by atoms with Crippen LogP contribution in [0.1, 0.15) is 29.4 Å². The van der Waals surface area contributed by atoms with Crippen LogP contribution in [-0.2, 0) is 11.2 Å². The highest BCUT2D eigenvalue weighted by Gasteiger charge is 2.15. The third kappa shape index (κ3) is 8.30. The van der Waals surface area contributed by atoms with Gasteiger partial charge in [-0.15, -0.1) is 0 Å². The van der Waals surface area contributed by atoms with E-state index in [0.29, 0.717) is 42.9 Å². The molecule has 1 amide bonds. The van der Waals surface area contributed by atoms with Gasteiger partial charge in [-0.25, -0.2) is 9.97 Å². The minimum absolute atomic E-state index is 0.0838. The number of piperazine rings is 1. The van der Waals surface area contributed by atoms with Gasteiger partial charge in [-0.2, -0.15) is 0 Å². The van der Waals surface area contributed by atoms with Crippen LogP contribution in [0.4, 0.5) is 5.82 Å². The zero-order chi connectivity index (χ0) is 30.0. The number of ether oxygens (including phenoxy) is 2. The molecule has 4 aromatic rings. The molecule has 226 valence electrons. The summed E-state index contributed by atoms with van der Waals surface area (Å²) in [6, 6.07) is 17.6. The number of aromatic amines is 1. The van der Waals surface area contributed by atoms with Crippen LogP contribution in [0.3, 0.4) is 0 Å². The summed E-state index contributed by atoms with van der Waals surface area (Å²) in [4.78, 5) is 39.0.